The molecule has 4 rings (SSSR count). The Morgan fingerprint density at radius 3 is 2.33 bits per heavy atom. The SMILES string of the molecule is C/C(=C\c1cccc(N2CCN(C)CC2)c1)[C@H]1OC(=O)C[C@H](O)CC[C@H](C)[C@@H](OC(=O)N2CCN(C)CC2)/C=C/[C@@H]1C. The quantitative estimate of drug-likeness (QED) is 0.423. The highest BCUT2D eigenvalue weighted by Gasteiger charge is 2.29. The van der Waals surface area contributed by atoms with Crippen LogP contribution in [0.25, 0.3) is 6.08 Å². The first-order chi connectivity index (χ1) is 20.1. The van der Waals surface area contributed by atoms with Crippen LogP contribution in [0, 0.1) is 11.8 Å². The number of nitrogens with zero attached hydrogens (tertiary/aromatic N) is 4. The Morgan fingerprint density at radius 2 is 1.64 bits per heavy atom. The molecule has 3 aliphatic rings. The number of ether oxygens (including phenoxy) is 2. The highest BCUT2D eigenvalue weighted by molar-refractivity contribution is 5.71. The predicted molar refractivity (Wildman–Crippen MR) is 166 cm³/mol. The van der Waals surface area contributed by atoms with E-state index in [1.165, 1.54) is 5.69 Å². The summed E-state index contributed by atoms with van der Waals surface area (Å²) in [7, 11) is 4.20. The summed E-state index contributed by atoms with van der Waals surface area (Å²) < 4.78 is 12.0. The molecule has 0 aliphatic carbocycles. The molecule has 0 saturated carbocycles. The average Bonchev–Trinajstić information content (AvgIpc) is 2.96. The maximum absolute atomic E-state index is 13.0. The van der Waals surface area contributed by atoms with Gasteiger partial charge in [0.15, 0.2) is 0 Å². The monoisotopic (exact) mass is 582 g/mol. The van der Waals surface area contributed by atoms with Gasteiger partial charge < -0.3 is 34.2 Å². The zero-order chi connectivity index (χ0) is 30.2. The Kier molecular flexibility index (Phi) is 11.5. The predicted octanol–water partition coefficient (Wildman–Crippen LogP) is 3.88. The molecule has 0 spiro atoms. The summed E-state index contributed by atoms with van der Waals surface area (Å²) in [5, 5.41) is 10.6. The molecule has 0 unspecified atom stereocenters. The molecule has 1 N–H and O–H groups in total. The van der Waals surface area contributed by atoms with Crippen molar-refractivity contribution in [2.75, 3.05) is 71.4 Å². The minimum Gasteiger partial charge on any atom is -0.457 e. The zero-order valence-electron chi connectivity index (χ0n) is 26.1. The van der Waals surface area contributed by atoms with Gasteiger partial charge in [0.05, 0.1) is 12.5 Å². The molecule has 9 heteroatoms. The van der Waals surface area contributed by atoms with E-state index in [-0.39, 0.29) is 24.3 Å². The van der Waals surface area contributed by atoms with Crippen molar-refractivity contribution >= 4 is 23.8 Å². The number of amides is 1. The number of piperazine rings is 2. The van der Waals surface area contributed by atoms with Crippen molar-refractivity contribution in [2.24, 2.45) is 11.8 Å². The molecule has 0 radical (unpaired) electrons. The van der Waals surface area contributed by atoms with E-state index in [0.717, 1.165) is 50.4 Å². The van der Waals surface area contributed by atoms with Crippen LogP contribution in [0.4, 0.5) is 10.5 Å². The van der Waals surface area contributed by atoms with Crippen LogP contribution in [0.5, 0.6) is 0 Å². The smallest absolute Gasteiger partial charge is 0.410 e. The number of aliphatic hydroxyl groups excluding tert-OH is 1. The van der Waals surface area contributed by atoms with Crippen molar-refractivity contribution < 1.29 is 24.2 Å². The van der Waals surface area contributed by atoms with E-state index in [1.54, 1.807) is 4.90 Å². The standard InChI is InChI=1S/C33H50N4O5/c1-24-9-11-29(38)23-31(39)42-32(25(2)10-12-30(24)41-33(40)37-19-15-35(5)16-20-37)26(3)21-27-7-6-8-28(22-27)36-17-13-34(4)14-18-36/h6-8,10,12,21-22,24-25,29-30,32,38H,9,11,13-20,23H2,1-5H3/b12-10+,26-21+/t24-,25-,29+,30-,32-/m0/s1. The Morgan fingerprint density at radius 1 is 0.976 bits per heavy atom. The van der Waals surface area contributed by atoms with Crippen molar-refractivity contribution in [1.82, 2.24) is 14.7 Å². The largest absolute Gasteiger partial charge is 0.457 e. The van der Waals surface area contributed by atoms with Gasteiger partial charge in [-0.3, -0.25) is 4.79 Å². The molecule has 1 amide bonds. The molecule has 1 aromatic rings. The molecule has 2 saturated heterocycles. The number of likely N-dealkylation sites (N-methyl/N-ethyl adjacent to an activating group) is 2. The Balaban J connectivity index is 1.53. The number of aliphatic hydroxyl groups is 1. The molecule has 42 heavy (non-hydrogen) atoms. The lowest BCUT2D eigenvalue weighted by molar-refractivity contribution is -0.151. The lowest BCUT2D eigenvalue weighted by atomic mass is 9.91. The van der Waals surface area contributed by atoms with Crippen LogP contribution in [0.3, 0.4) is 0 Å². The van der Waals surface area contributed by atoms with E-state index in [1.807, 2.05) is 32.9 Å². The van der Waals surface area contributed by atoms with Crippen molar-refractivity contribution in [2.45, 2.75) is 58.3 Å². The summed E-state index contributed by atoms with van der Waals surface area (Å²) in [5.41, 5.74) is 3.16. The fraction of sp³-hybridized carbons (Fsp3) is 0.636. The number of rotatable bonds is 4. The van der Waals surface area contributed by atoms with Crippen LogP contribution in [0.2, 0.25) is 0 Å². The van der Waals surface area contributed by atoms with Gasteiger partial charge in [0.25, 0.3) is 0 Å². The first-order valence-electron chi connectivity index (χ1n) is 15.5. The van der Waals surface area contributed by atoms with Crippen molar-refractivity contribution in [3.05, 3.63) is 47.6 Å². The van der Waals surface area contributed by atoms with Crippen LogP contribution in [0.15, 0.2) is 42.0 Å². The molecule has 9 nitrogen and oxygen atoms in total. The topological polar surface area (TPSA) is 85.8 Å². The maximum Gasteiger partial charge on any atom is 0.410 e. The third-order valence-electron chi connectivity index (χ3n) is 8.84. The molecule has 2 fully saturated rings. The highest BCUT2D eigenvalue weighted by atomic mass is 16.6. The normalized spacial score (nSPS) is 30.2. The minimum atomic E-state index is -0.808. The Hall–Kier alpha value is -2.88. The molecule has 232 valence electrons. The van der Waals surface area contributed by atoms with Gasteiger partial charge in [0, 0.05) is 64.0 Å². The fourth-order valence-electron chi connectivity index (χ4n) is 5.85. The van der Waals surface area contributed by atoms with Gasteiger partial charge >= 0.3 is 12.1 Å². The first-order valence-corrected chi connectivity index (χ1v) is 15.5. The molecule has 3 heterocycles. The molecule has 1 aromatic carbocycles. The Labute approximate surface area is 251 Å². The summed E-state index contributed by atoms with van der Waals surface area (Å²) in [5.74, 6) is -0.583. The van der Waals surface area contributed by atoms with E-state index in [2.05, 4.69) is 59.1 Å². The van der Waals surface area contributed by atoms with Crippen molar-refractivity contribution in [1.29, 1.82) is 0 Å². The van der Waals surface area contributed by atoms with Crippen LogP contribution in [0.1, 0.15) is 45.6 Å². The van der Waals surface area contributed by atoms with Crippen molar-refractivity contribution in [3.63, 3.8) is 0 Å². The summed E-state index contributed by atoms with van der Waals surface area (Å²) in [6, 6.07) is 8.47. The van der Waals surface area contributed by atoms with Crippen LogP contribution >= 0.6 is 0 Å². The zero-order valence-corrected chi connectivity index (χ0v) is 26.1. The van der Waals surface area contributed by atoms with Crippen LogP contribution < -0.4 is 4.90 Å². The Bertz CT molecular complexity index is 1110. The van der Waals surface area contributed by atoms with Gasteiger partial charge in [0.1, 0.15) is 12.2 Å². The number of hydrogen-bond donors (Lipinski definition) is 1. The summed E-state index contributed by atoms with van der Waals surface area (Å²) in [6.07, 6.45) is 4.97. The molecule has 0 bridgehead atoms. The van der Waals surface area contributed by atoms with Gasteiger partial charge in [-0.15, -0.1) is 0 Å². The lowest BCUT2D eigenvalue weighted by Gasteiger charge is -2.34. The first kappa shape index (κ1) is 32.0. The van der Waals surface area contributed by atoms with Crippen LogP contribution in [-0.2, 0) is 14.3 Å². The summed E-state index contributed by atoms with van der Waals surface area (Å²) in [6.45, 7) is 13.0. The lowest BCUT2D eigenvalue weighted by Crippen LogP contribution is -2.48. The van der Waals surface area contributed by atoms with Gasteiger partial charge in [-0.1, -0.05) is 38.1 Å². The van der Waals surface area contributed by atoms with Gasteiger partial charge in [-0.05, 0) is 69.1 Å². The second-order valence-electron chi connectivity index (χ2n) is 12.5. The van der Waals surface area contributed by atoms with E-state index >= 15 is 0 Å². The van der Waals surface area contributed by atoms with E-state index < -0.39 is 24.3 Å². The van der Waals surface area contributed by atoms with E-state index in [4.69, 9.17) is 9.47 Å². The maximum atomic E-state index is 13.0. The molecule has 0 aromatic heterocycles. The van der Waals surface area contributed by atoms with Crippen LogP contribution in [-0.4, -0.2) is 117 Å². The van der Waals surface area contributed by atoms with Gasteiger partial charge in [0.2, 0.25) is 0 Å². The third-order valence-corrected chi connectivity index (χ3v) is 8.84. The number of carbonyl (C=O) groups excluding carboxylic acids is 2. The number of hydrogen-bond acceptors (Lipinski definition) is 8. The minimum absolute atomic E-state index is 0.0117. The van der Waals surface area contributed by atoms with E-state index in [0.29, 0.717) is 25.9 Å². The summed E-state index contributed by atoms with van der Waals surface area (Å²) >= 11 is 0. The molecular weight excluding hydrogens is 532 g/mol. The second-order valence-corrected chi connectivity index (χ2v) is 12.5. The van der Waals surface area contributed by atoms with Crippen molar-refractivity contribution in [3.8, 4) is 0 Å². The number of benzene rings is 1. The highest BCUT2D eigenvalue weighted by Crippen LogP contribution is 2.27. The molecule has 5 atom stereocenters. The van der Waals surface area contributed by atoms with Gasteiger partial charge in [-0.25, -0.2) is 4.79 Å². The number of anilines is 1. The summed E-state index contributed by atoms with van der Waals surface area (Å²) in [4.78, 5) is 34.6. The average molecular weight is 583 g/mol. The number of cyclic esters (lactones) is 1. The third kappa shape index (κ3) is 9.06. The molecule has 3 aliphatic heterocycles. The number of carbonyl (C=O) groups is 2. The second kappa shape index (κ2) is 15.0. The number of esters is 1. The molecular formula is C33H50N4O5. The van der Waals surface area contributed by atoms with Gasteiger partial charge in [-0.2, -0.15) is 0 Å². The van der Waals surface area contributed by atoms with E-state index in [9.17, 15) is 14.7 Å². The fourth-order valence-corrected chi connectivity index (χ4v) is 5.85.